The van der Waals surface area contributed by atoms with Crippen molar-refractivity contribution in [3.05, 3.63) is 23.7 Å². The zero-order valence-electron chi connectivity index (χ0n) is 11.6. The molecule has 1 amide bonds. The van der Waals surface area contributed by atoms with Crippen LogP contribution in [0.2, 0.25) is 0 Å². The van der Waals surface area contributed by atoms with Gasteiger partial charge in [-0.15, -0.1) is 11.3 Å². The number of hydrogen-bond acceptors (Lipinski definition) is 5. The minimum absolute atomic E-state index is 0.0136. The third-order valence-electron chi connectivity index (χ3n) is 3.94. The van der Waals surface area contributed by atoms with Crippen LogP contribution in [0.1, 0.15) is 12.8 Å². The monoisotopic (exact) mass is 303 g/mol. The summed E-state index contributed by atoms with van der Waals surface area (Å²) < 4.78 is 6.86. The third kappa shape index (κ3) is 2.61. The number of rotatable bonds is 3. The van der Waals surface area contributed by atoms with Gasteiger partial charge in [0.05, 0.1) is 13.2 Å². The fraction of sp³-hybridized carbons (Fsp3) is 0.467. The smallest absolute Gasteiger partial charge is 0.251 e. The Hall–Kier alpha value is -1.66. The number of aromatic nitrogens is 1. The maximum absolute atomic E-state index is 12.2. The summed E-state index contributed by atoms with van der Waals surface area (Å²) in [5.74, 6) is 0.973. The molecule has 0 aromatic carbocycles. The lowest BCUT2D eigenvalue weighted by Gasteiger charge is -2.33. The Morgan fingerprint density at radius 2 is 2.33 bits per heavy atom. The van der Waals surface area contributed by atoms with Crippen LogP contribution in [0.25, 0.3) is 10.1 Å². The molecule has 1 aliphatic carbocycles. The topological polar surface area (TPSA) is 54.5 Å². The van der Waals surface area contributed by atoms with Gasteiger partial charge in [0, 0.05) is 28.9 Å². The van der Waals surface area contributed by atoms with Gasteiger partial charge in [-0.05, 0) is 30.4 Å². The SMILES string of the molecule is O=C(NC1CC1)C1CN(c2nccc3sccc23)CCO1. The van der Waals surface area contributed by atoms with Crippen LogP contribution < -0.4 is 10.2 Å². The fourth-order valence-electron chi connectivity index (χ4n) is 2.65. The zero-order valence-corrected chi connectivity index (χ0v) is 12.4. The van der Waals surface area contributed by atoms with Crippen molar-refractivity contribution in [2.24, 2.45) is 0 Å². The van der Waals surface area contributed by atoms with Crippen LogP contribution in [0, 0.1) is 0 Å². The molecule has 0 spiro atoms. The van der Waals surface area contributed by atoms with Gasteiger partial charge in [0.1, 0.15) is 5.82 Å². The molecule has 6 heteroatoms. The number of anilines is 1. The number of nitrogens with zero attached hydrogens (tertiary/aromatic N) is 2. The summed E-state index contributed by atoms with van der Waals surface area (Å²) in [5, 5.41) is 6.25. The standard InChI is InChI=1S/C15H17N3O2S/c19-15(17-10-1-2-10)12-9-18(6-7-20-12)14-11-4-8-21-13(11)3-5-16-14/h3-5,8,10,12H,1-2,6-7,9H2,(H,17,19). The molecule has 0 bridgehead atoms. The fourth-order valence-corrected chi connectivity index (χ4v) is 3.43. The average molecular weight is 303 g/mol. The lowest BCUT2D eigenvalue weighted by Crippen LogP contribution is -2.50. The van der Waals surface area contributed by atoms with E-state index in [1.165, 1.54) is 4.70 Å². The Balaban J connectivity index is 1.54. The Bertz CT molecular complexity index is 668. The molecule has 110 valence electrons. The minimum atomic E-state index is -0.393. The van der Waals surface area contributed by atoms with Crippen LogP contribution >= 0.6 is 11.3 Å². The van der Waals surface area contributed by atoms with Crippen molar-refractivity contribution in [2.75, 3.05) is 24.6 Å². The minimum Gasteiger partial charge on any atom is -0.365 e. The van der Waals surface area contributed by atoms with E-state index in [0.29, 0.717) is 19.2 Å². The van der Waals surface area contributed by atoms with E-state index < -0.39 is 6.10 Å². The van der Waals surface area contributed by atoms with Crippen LogP contribution in [0.15, 0.2) is 23.7 Å². The Morgan fingerprint density at radius 1 is 1.43 bits per heavy atom. The molecule has 5 nitrogen and oxygen atoms in total. The largest absolute Gasteiger partial charge is 0.365 e. The van der Waals surface area contributed by atoms with Gasteiger partial charge in [0.25, 0.3) is 5.91 Å². The molecule has 1 atom stereocenters. The molecule has 3 heterocycles. The van der Waals surface area contributed by atoms with E-state index >= 15 is 0 Å². The number of thiophene rings is 1. The first-order valence-electron chi connectivity index (χ1n) is 7.30. The number of ether oxygens (including phenoxy) is 1. The van der Waals surface area contributed by atoms with E-state index in [4.69, 9.17) is 4.74 Å². The highest BCUT2D eigenvalue weighted by Gasteiger charge is 2.32. The van der Waals surface area contributed by atoms with E-state index in [1.807, 2.05) is 12.3 Å². The van der Waals surface area contributed by atoms with Crippen LogP contribution in [0.5, 0.6) is 0 Å². The third-order valence-corrected chi connectivity index (χ3v) is 4.82. The quantitative estimate of drug-likeness (QED) is 0.939. The summed E-state index contributed by atoms with van der Waals surface area (Å²) in [6, 6.07) is 4.49. The van der Waals surface area contributed by atoms with Gasteiger partial charge in [-0.3, -0.25) is 4.79 Å². The Kier molecular flexibility index (Phi) is 3.27. The molecule has 2 fully saturated rings. The van der Waals surface area contributed by atoms with Gasteiger partial charge in [-0.25, -0.2) is 4.98 Å². The summed E-state index contributed by atoms with van der Waals surface area (Å²) in [6.45, 7) is 1.90. The first-order chi connectivity index (χ1) is 10.3. The Labute approximate surface area is 126 Å². The summed E-state index contributed by atoms with van der Waals surface area (Å²) in [7, 11) is 0. The Morgan fingerprint density at radius 3 is 3.19 bits per heavy atom. The molecule has 1 saturated carbocycles. The van der Waals surface area contributed by atoms with Crippen molar-refractivity contribution < 1.29 is 9.53 Å². The molecule has 1 aliphatic heterocycles. The van der Waals surface area contributed by atoms with Crippen LogP contribution in [-0.2, 0) is 9.53 Å². The molecule has 21 heavy (non-hydrogen) atoms. The zero-order chi connectivity index (χ0) is 14.2. The summed E-state index contributed by atoms with van der Waals surface area (Å²) in [5.41, 5.74) is 0. The molecular formula is C15H17N3O2S. The second kappa shape index (κ2) is 5.27. The molecular weight excluding hydrogens is 286 g/mol. The molecule has 1 N–H and O–H groups in total. The van der Waals surface area contributed by atoms with Crippen molar-refractivity contribution in [3.63, 3.8) is 0 Å². The molecule has 4 rings (SSSR count). The highest BCUT2D eigenvalue weighted by Crippen LogP contribution is 2.29. The number of carbonyl (C=O) groups excluding carboxylic acids is 1. The molecule has 2 aromatic rings. The number of morpholine rings is 1. The maximum Gasteiger partial charge on any atom is 0.251 e. The molecule has 1 saturated heterocycles. The van der Waals surface area contributed by atoms with E-state index in [1.54, 1.807) is 11.3 Å². The van der Waals surface area contributed by atoms with Gasteiger partial charge in [-0.1, -0.05) is 0 Å². The predicted molar refractivity (Wildman–Crippen MR) is 82.7 cm³/mol. The normalized spacial score (nSPS) is 22.5. The number of fused-ring (bicyclic) bond motifs is 1. The predicted octanol–water partition coefficient (Wildman–Crippen LogP) is 1.78. The van der Waals surface area contributed by atoms with Gasteiger partial charge >= 0.3 is 0 Å². The lowest BCUT2D eigenvalue weighted by molar-refractivity contribution is -0.133. The van der Waals surface area contributed by atoms with Crippen molar-refractivity contribution in [3.8, 4) is 0 Å². The van der Waals surface area contributed by atoms with Crippen LogP contribution in [-0.4, -0.2) is 42.7 Å². The summed E-state index contributed by atoms with van der Waals surface area (Å²) >= 11 is 1.71. The van der Waals surface area contributed by atoms with Crippen LogP contribution in [0.3, 0.4) is 0 Å². The molecule has 2 aliphatic rings. The highest BCUT2D eigenvalue weighted by atomic mass is 32.1. The van der Waals surface area contributed by atoms with E-state index in [2.05, 4.69) is 26.6 Å². The maximum atomic E-state index is 12.2. The van der Waals surface area contributed by atoms with E-state index in [0.717, 1.165) is 30.6 Å². The molecule has 0 radical (unpaired) electrons. The summed E-state index contributed by atoms with van der Waals surface area (Å²) in [6.07, 6.45) is 3.63. The second-order valence-electron chi connectivity index (χ2n) is 5.56. The lowest BCUT2D eigenvalue weighted by atomic mass is 10.2. The highest BCUT2D eigenvalue weighted by molar-refractivity contribution is 7.17. The number of pyridine rings is 1. The van der Waals surface area contributed by atoms with E-state index in [9.17, 15) is 4.79 Å². The van der Waals surface area contributed by atoms with Crippen molar-refractivity contribution in [1.82, 2.24) is 10.3 Å². The van der Waals surface area contributed by atoms with Gasteiger partial charge in [-0.2, -0.15) is 0 Å². The van der Waals surface area contributed by atoms with Crippen LogP contribution in [0.4, 0.5) is 5.82 Å². The van der Waals surface area contributed by atoms with Gasteiger partial charge in [0.15, 0.2) is 6.10 Å². The number of nitrogens with one attached hydrogen (secondary N) is 1. The van der Waals surface area contributed by atoms with Gasteiger partial charge in [0.2, 0.25) is 0 Å². The van der Waals surface area contributed by atoms with Crippen molar-refractivity contribution in [1.29, 1.82) is 0 Å². The number of hydrogen-bond donors (Lipinski definition) is 1. The second-order valence-corrected chi connectivity index (χ2v) is 6.50. The first-order valence-corrected chi connectivity index (χ1v) is 8.18. The van der Waals surface area contributed by atoms with E-state index in [-0.39, 0.29) is 5.91 Å². The molecule has 2 aromatic heterocycles. The number of amides is 1. The van der Waals surface area contributed by atoms with Gasteiger partial charge < -0.3 is 15.0 Å². The van der Waals surface area contributed by atoms with Crippen molar-refractivity contribution >= 4 is 33.1 Å². The summed E-state index contributed by atoms with van der Waals surface area (Å²) in [4.78, 5) is 18.8. The van der Waals surface area contributed by atoms with Crippen molar-refractivity contribution in [2.45, 2.75) is 25.0 Å². The molecule has 1 unspecified atom stereocenters. The first kappa shape index (κ1) is 13.0. The average Bonchev–Trinajstić information content (AvgIpc) is 3.20. The number of carbonyl (C=O) groups is 1.